The van der Waals surface area contributed by atoms with Crippen molar-refractivity contribution >= 4 is 23.2 Å². The van der Waals surface area contributed by atoms with E-state index in [0.717, 1.165) is 12.1 Å². The third-order valence-corrected chi connectivity index (χ3v) is 4.10. The number of benzene rings is 2. The lowest BCUT2D eigenvalue weighted by atomic mass is 10.1. The Kier molecular flexibility index (Phi) is 3.76. The summed E-state index contributed by atoms with van der Waals surface area (Å²) in [5.74, 6) is -1.04. The number of carbonyl (C=O) groups excluding carboxylic acids is 1. The van der Waals surface area contributed by atoms with Crippen LogP contribution in [0.15, 0.2) is 42.6 Å². The quantitative estimate of drug-likeness (QED) is 0.703. The van der Waals surface area contributed by atoms with Crippen molar-refractivity contribution in [1.29, 1.82) is 0 Å². The molecule has 1 aliphatic heterocycles. The van der Waals surface area contributed by atoms with Crippen LogP contribution < -0.4 is 10.1 Å². The number of ether oxygens (including phenoxy) is 1. The molecule has 0 saturated carbocycles. The number of hydrogen-bond acceptors (Lipinski definition) is 3. The zero-order valence-corrected chi connectivity index (χ0v) is 13.6. The van der Waals surface area contributed by atoms with Crippen molar-refractivity contribution in [2.24, 2.45) is 0 Å². The molecule has 7 heteroatoms. The van der Waals surface area contributed by atoms with Crippen molar-refractivity contribution in [2.45, 2.75) is 0 Å². The zero-order chi connectivity index (χ0) is 18.3. The third-order valence-electron chi connectivity index (χ3n) is 4.10. The number of fused-ring (bicyclic) bond motifs is 1. The van der Waals surface area contributed by atoms with Crippen molar-refractivity contribution in [3.63, 3.8) is 0 Å². The molecule has 0 unspecified atom stereocenters. The van der Waals surface area contributed by atoms with Gasteiger partial charge in [0, 0.05) is 11.3 Å². The average molecular weight is 353 g/mol. The van der Waals surface area contributed by atoms with Gasteiger partial charge in [0.2, 0.25) is 0 Å². The molecule has 130 valence electrons. The minimum absolute atomic E-state index is 0.0525. The summed E-state index contributed by atoms with van der Waals surface area (Å²) < 4.78 is 33.0. The van der Waals surface area contributed by atoms with Gasteiger partial charge in [-0.25, -0.2) is 13.8 Å². The summed E-state index contributed by atoms with van der Waals surface area (Å²) in [6.45, 7) is 0. The number of methoxy groups -OCH3 is 1. The van der Waals surface area contributed by atoms with Crippen molar-refractivity contribution in [3.05, 3.63) is 65.5 Å². The largest absolute Gasteiger partial charge is 0.497 e. The minimum atomic E-state index is -0.716. The summed E-state index contributed by atoms with van der Waals surface area (Å²) >= 11 is 0. The number of hydrogen-bond donors (Lipinski definition) is 2. The van der Waals surface area contributed by atoms with E-state index in [-0.39, 0.29) is 17.3 Å². The Hall–Kier alpha value is -3.48. The second kappa shape index (κ2) is 6.11. The van der Waals surface area contributed by atoms with Crippen LogP contribution in [0.5, 0.6) is 5.75 Å². The predicted octanol–water partition coefficient (Wildman–Crippen LogP) is 3.86. The van der Waals surface area contributed by atoms with Gasteiger partial charge in [0.05, 0.1) is 30.1 Å². The standard InChI is InChI=1S/C19H13F2N3O2/c1-26-11-5-6-16-12(8-11)13(19(25)24-16)7-10-9-22-18(23-10)17-14(20)3-2-4-15(17)21/h2-9H,1H3,(H,22,23)(H,24,25)/b13-7-. The first-order chi connectivity index (χ1) is 12.6. The molecule has 1 aromatic heterocycles. The van der Waals surface area contributed by atoms with Crippen LogP contribution >= 0.6 is 0 Å². The highest BCUT2D eigenvalue weighted by Crippen LogP contribution is 2.35. The van der Waals surface area contributed by atoms with Crippen LogP contribution in [0.3, 0.4) is 0 Å². The molecular formula is C19H13F2N3O2. The van der Waals surface area contributed by atoms with Crippen LogP contribution in [0.1, 0.15) is 11.3 Å². The average Bonchev–Trinajstić information content (AvgIpc) is 3.20. The van der Waals surface area contributed by atoms with E-state index in [1.54, 1.807) is 31.4 Å². The third kappa shape index (κ3) is 2.63. The first kappa shape index (κ1) is 16.0. The SMILES string of the molecule is COc1ccc2c(c1)/C(=C/c1cnc(-c3c(F)cccc3F)[nH]1)C(=O)N2. The lowest BCUT2D eigenvalue weighted by Gasteiger charge is -2.03. The second-order valence-electron chi connectivity index (χ2n) is 5.71. The fraction of sp³-hybridized carbons (Fsp3) is 0.0526. The highest BCUT2D eigenvalue weighted by molar-refractivity contribution is 6.34. The molecule has 0 aliphatic carbocycles. The van der Waals surface area contributed by atoms with E-state index in [4.69, 9.17) is 4.74 Å². The maximum Gasteiger partial charge on any atom is 0.256 e. The fourth-order valence-corrected chi connectivity index (χ4v) is 2.85. The van der Waals surface area contributed by atoms with Gasteiger partial charge in [0.1, 0.15) is 23.2 Å². The van der Waals surface area contributed by atoms with Crippen LogP contribution in [-0.4, -0.2) is 23.0 Å². The normalized spacial score (nSPS) is 14.4. The number of rotatable bonds is 3. The first-order valence-electron chi connectivity index (χ1n) is 7.77. The number of amides is 1. The minimum Gasteiger partial charge on any atom is -0.497 e. The van der Waals surface area contributed by atoms with Gasteiger partial charge >= 0.3 is 0 Å². The number of aromatic amines is 1. The molecule has 0 atom stereocenters. The van der Waals surface area contributed by atoms with E-state index >= 15 is 0 Å². The van der Waals surface area contributed by atoms with Crippen molar-refractivity contribution < 1.29 is 18.3 Å². The van der Waals surface area contributed by atoms with E-state index in [1.165, 1.54) is 12.3 Å². The highest BCUT2D eigenvalue weighted by Gasteiger charge is 2.25. The van der Waals surface area contributed by atoms with Crippen molar-refractivity contribution in [1.82, 2.24) is 9.97 Å². The lowest BCUT2D eigenvalue weighted by molar-refractivity contribution is -0.110. The Bertz CT molecular complexity index is 1040. The lowest BCUT2D eigenvalue weighted by Crippen LogP contribution is -2.03. The molecule has 2 aromatic carbocycles. The summed E-state index contributed by atoms with van der Waals surface area (Å²) in [5.41, 5.74) is 1.96. The molecule has 3 aromatic rings. The molecule has 1 aliphatic rings. The van der Waals surface area contributed by atoms with E-state index in [2.05, 4.69) is 15.3 Å². The number of aromatic nitrogens is 2. The number of halogens is 2. The molecule has 1 amide bonds. The molecule has 0 fully saturated rings. The Morgan fingerprint density at radius 2 is 1.92 bits per heavy atom. The van der Waals surface area contributed by atoms with Gasteiger partial charge < -0.3 is 15.0 Å². The molecule has 4 rings (SSSR count). The van der Waals surface area contributed by atoms with Crippen molar-refractivity contribution in [2.75, 3.05) is 12.4 Å². The molecule has 5 nitrogen and oxygen atoms in total. The molecule has 2 N–H and O–H groups in total. The molecule has 0 bridgehead atoms. The van der Waals surface area contributed by atoms with Crippen LogP contribution in [0, 0.1) is 11.6 Å². The van der Waals surface area contributed by atoms with Gasteiger partial charge in [0.15, 0.2) is 0 Å². The smallest absolute Gasteiger partial charge is 0.256 e. The maximum absolute atomic E-state index is 13.9. The summed E-state index contributed by atoms with van der Waals surface area (Å²) in [5, 5.41) is 2.76. The van der Waals surface area contributed by atoms with Crippen LogP contribution in [-0.2, 0) is 4.79 Å². The van der Waals surface area contributed by atoms with E-state index in [9.17, 15) is 13.6 Å². The Labute approximate surface area is 147 Å². The van der Waals surface area contributed by atoms with Gasteiger partial charge in [-0.15, -0.1) is 0 Å². The van der Waals surface area contributed by atoms with Gasteiger partial charge in [0.25, 0.3) is 5.91 Å². The summed E-state index contributed by atoms with van der Waals surface area (Å²) in [7, 11) is 1.54. The number of nitrogens with one attached hydrogen (secondary N) is 2. The van der Waals surface area contributed by atoms with Gasteiger partial charge in [-0.3, -0.25) is 4.79 Å². The molecule has 0 radical (unpaired) electrons. The van der Waals surface area contributed by atoms with E-state index < -0.39 is 11.6 Å². The van der Waals surface area contributed by atoms with Gasteiger partial charge in [-0.05, 0) is 36.4 Å². The number of nitrogens with zero attached hydrogens (tertiary/aromatic N) is 1. The number of carbonyl (C=O) groups is 1. The number of imidazole rings is 1. The number of anilines is 1. The Morgan fingerprint density at radius 1 is 1.15 bits per heavy atom. The fourth-order valence-electron chi connectivity index (χ4n) is 2.85. The second-order valence-corrected chi connectivity index (χ2v) is 5.71. The van der Waals surface area contributed by atoms with Crippen LogP contribution in [0.25, 0.3) is 23.0 Å². The molecule has 26 heavy (non-hydrogen) atoms. The molecule has 2 heterocycles. The predicted molar refractivity (Wildman–Crippen MR) is 93.4 cm³/mol. The summed E-state index contributed by atoms with van der Waals surface area (Å²) in [4.78, 5) is 19.1. The first-order valence-corrected chi connectivity index (χ1v) is 7.77. The zero-order valence-electron chi connectivity index (χ0n) is 13.6. The topological polar surface area (TPSA) is 67.0 Å². The molecule has 0 saturated heterocycles. The van der Waals surface area contributed by atoms with Gasteiger partial charge in [-0.1, -0.05) is 6.07 Å². The summed E-state index contributed by atoms with van der Waals surface area (Å²) in [6, 6.07) is 8.84. The molecule has 0 spiro atoms. The monoisotopic (exact) mass is 353 g/mol. The van der Waals surface area contributed by atoms with E-state index in [1.807, 2.05) is 0 Å². The molecular weight excluding hydrogens is 340 g/mol. The van der Waals surface area contributed by atoms with Gasteiger partial charge in [-0.2, -0.15) is 0 Å². The number of H-pyrrole nitrogens is 1. The van der Waals surface area contributed by atoms with Crippen LogP contribution in [0.4, 0.5) is 14.5 Å². The van der Waals surface area contributed by atoms with Crippen molar-refractivity contribution in [3.8, 4) is 17.1 Å². The van der Waals surface area contributed by atoms with E-state index in [0.29, 0.717) is 28.3 Å². The Morgan fingerprint density at radius 3 is 2.65 bits per heavy atom. The Balaban J connectivity index is 1.75. The highest BCUT2D eigenvalue weighted by atomic mass is 19.1. The summed E-state index contributed by atoms with van der Waals surface area (Å²) in [6.07, 6.45) is 3.00. The van der Waals surface area contributed by atoms with Crippen LogP contribution in [0.2, 0.25) is 0 Å². The maximum atomic E-state index is 13.9.